The number of halogens is 3. The lowest BCUT2D eigenvalue weighted by Crippen LogP contribution is -2.45. The lowest BCUT2D eigenvalue weighted by atomic mass is 9.90. The fourth-order valence-corrected chi connectivity index (χ4v) is 4.41. The largest absolute Gasteiger partial charge is 0.453 e. The minimum atomic E-state index is -1.21. The van der Waals surface area contributed by atoms with E-state index in [1.165, 1.54) is 19.1 Å². The molecule has 0 saturated carbocycles. The molecule has 1 aliphatic rings. The quantitative estimate of drug-likeness (QED) is 0.622. The molecule has 1 fully saturated rings. The maximum Gasteiger partial charge on any atom is 0.409 e. The van der Waals surface area contributed by atoms with Crippen molar-refractivity contribution in [3.05, 3.63) is 58.9 Å². The van der Waals surface area contributed by atoms with Crippen LogP contribution in [0.15, 0.2) is 30.5 Å². The van der Waals surface area contributed by atoms with Crippen molar-refractivity contribution in [3.63, 3.8) is 0 Å². The van der Waals surface area contributed by atoms with Gasteiger partial charge >= 0.3 is 6.09 Å². The summed E-state index contributed by atoms with van der Waals surface area (Å²) in [5, 5.41) is 2.34. The molecule has 2 amide bonds. The van der Waals surface area contributed by atoms with Gasteiger partial charge in [-0.2, -0.15) is 0 Å². The molecule has 1 unspecified atom stereocenters. The fourth-order valence-electron chi connectivity index (χ4n) is 4.41. The molecule has 4 rings (SSSR count). The number of nitrogens with one attached hydrogen (secondary N) is 1. The van der Waals surface area contributed by atoms with E-state index in [4.69, 9.17) is 4.74 Å². The molecule has 1 aliphatic heterocycles. The molecule has 0 bridgehead atoms. The zero-order valence-corrected chi connectivity index (χ0v) is 19.1. The minimum absolute atomic E-state index is 0.0337. The Morgan fingerprint density at radius 3 is 2.59 bits per heavy atom. The first-order valence-electron chi connectivity index (χ1n) is 10.9. The zero-order valence-electron chi connectivity index (χ0n) is 19.1. The zero-order chi connectivity index (χ0) is 24.6. The number of ether oxygens (including phenoxy) is 1. The highest BCUT2D eigenvalue weighted by Gasteiger charge is 2.34. The minimum Gasteiger partial charge on any atom is -0.453 e. The number of fused-ring (bicyclic) bond motifs is 1. The summed E-state index contributed by atoms with van der Waals surface area (Å²) in [5.74, 6) is -3.14. The van der Waals surface area contributed by atoms with E-state index in [2.05, 4.69) is 10.3 Å². The Hall–Kier alpha value is -3.56. The third kappa shape index (κ3) is 4.32. The number of hydrogen-bond donors (Lipinski definition) is 1. The maximum absolute atomic E-state index is 15.1. The standard InChI is InChI=1S/C24H25F3N4O3/c1-13-4-7-31-19(11-15-12-30(24(33)34-3)6-5-16(15)25)22(29-20(31)8-13)21-17(26)9-14(10-18(21)27)23(32)28-2/h4,7-10,15-16H,5-6,11-12H2,1-3H3,(H,28,32)/t15-,16?/m0/s1. The van der Waals surface area contributed by atoms with Crippen molar-refractivity contribution < 1.29 is 27.5 Å². The van der Waals surface area contributed by atoms with Crippen molar-refractivity contribution in [2.75, 3.05) is 27.2 Å². The number of carbonyl (C=O) groups is 2. The SMILES string of the molecule is CNC(=O)c1cc(F)c(-c2nc3cc(C)ccn3c2C[C@H]2CN(C(=O)OC)CCC2F)c(F)c1. The summed E-state index contributed by atoms with van der Waals surface area (Å²) in [7, 11) is 2.63. The number of rotatable bonds is 4. The van der Waals surface area contributed by atoms with Gasteiger partial charge in [0.2, 0.25) is 0 Å². The molecule has 0 aliphatic carbocycles. The average Bonchev–Trinajstić information content (AvgIpc) is 3.15. The van der Waals surface area contributed by atoms with Crippen molar-refractivity contribution in [3.8, 4) is 11.3 Å². The molecule has 1 N–H and O–H groups in total. The topological polar surface area (TPSA) is 75.9 Å². The van der Waals surface area contributed by atoms with E-state index in [-0.39, 0.29) is 42.8 Å². The molecule has 34 heavy (non-hydrogen) atoms. The summed E-state index contributed by atoms with van der Waals surface area (Å²) < 4.78 is 51.6. The highest BCUT2D eigenvalue weighted by atomic mass is 19.1. The van der Waals surface area contributed by atoms with Crippen LogP contribution in [0.1, 0.15) is 28.0 Å². The Morgan fingerprint density at radius 1 is 1.24 bits per heavy atom. The van der Waals surface area contributed by atoms with Gasteiger partial charge in [-0.05, 0) is 49.6 Å². The van der Waals surface area contributed by atoms with E-state index in [0.717, 1.165) is 17.7 Å². The number of pyridine rings is 1. The van der Waals surface area contributed by atoms with Gasteiger partial charge in [0.25, 0.3) is 5.91 Å². The summed E-state index contributed by atoms with van der Waals surface area (Å²) >= 11 is 0. The van der Waals surface area contributed by atoms with E-state index in [1.807, 2.05) is 13.0 Å². The Kier molecular flexibility index (Phi) is 6.49. The van der Waals surface area contributed by atoms with Crippen LogP contribution in [0.5, 0.6) is 0 Å². The van der Waals surface area contributed by atoms with Gasteiger partial charge in [-0.1, -0.05) is 0 Å². The van der Waals surface area contributed by atoms with Crippen molar-refractivity contribution in [2.24, 2.45) is 5.92 Å². The number of hydrogen-bond acceptors (Lipinski definition) is 4. The molecular weight excluding hydrogens is 449 g/mol. The molecular formula is C24H25F3N4O3. The Balaban J connectivity index is 1.82. The van der Waals surface area contributed by atoms with Crippen LogP contribution in [-0.4, -0.2) is 59.7 Å². The van der Waals surface area contributed by atoms with Crippen molar-refractivity contribution >= 4 is 17.6 Å². The number of likely N-dealkylation sites (tertiary alicyclic amines) is 1. The van der Waals surface area contributed by atoms with Crippen LogP contribution in [0.3, 0.4) is 0 Å². The maximum atomic E-state index is 15.1. The normalized spacial score (nSPS) is 18.2. The number of carbonyl (C=O) groups excluding carboxylic acids is 2. The van der Waals surface area contributed by atoms with Crippen LogP contribution in [0, 0.1) is 24.5 Å². The highest BCUT2D eigenvalue weighted by molar-refractivity contribution is 5.94. The molecule has 180 valence electrons. The van der Waals surface area contributed by atoms with Crippen LogP contribution in [0.25, 0.3) is 16.9 Å². The number of alkyl halides is 1. The lowest BCUT2D eigenvalue weighted by molar-refractivity contribution is 0.0680. The molecule has 2 aromatic heterocycles. The second-order valence-corrected chi connectivity index (χ2v) is 8.42. The molecule has 0 radical (unpaired) electrons. The van der Waals surface area contributed by atoms with Crippen molar-refractivity contribution in [1.29, 1.82) is 0 Å². The Bertz CT molecular complexity index is 1240. The number of imidazole rings is 1. The summed E-state index contributed by atoms with van der Waals surface area (Å²) in [6.45, 7) is 2.20. The first kappa shape index (κ1) is 23.6. The smallest absolute Gasteiger partial charge is 0.409 e. The Labute approximate surface area is 194 Å². The first-order chi connectivity index (χ1) is 16.2. The number of aryl methyl sites for hydroxylation is 1. The second kappa shape index (κ2) is 9.36. The van der Waals surface area contributed by atoms with E-state index in [0.29, 0.717) is 11.3 Å². The van der Waals surface area contributed by atoms with Crippen LogP contribution in [0.4, 0.5) is 18.0 Å². The number of nitrogens with zero attached hydrogens (tertiary/aromatic N) is 3. The highest BCUT2D eigenvalue weighted by Crippen LogP contribution is 2.34. The first-order valence-corrected chi connectivity index (χ1v) is 10.9. The molecule has 1 aromatic carbocycles. The van der Waals surface area contributed by atoms with Crippen LogP contribution < -0.4 is 5.32 Å². The van der Waals surface area contributed by atoms with E-state index in [1.54, 1.807) is 16.7 Å². The number of benzene rings is 1. The van der Waals surface area contributed by atoms with Crippen LogP contribution in [-0.2, 0) is 11.2 Å². The van der Waals surface area contributed by atoms with Gasteiger partial charge in [0.05, 0.1) is 24.1 Å². The number of methoxy groups -OCH3 is 1. The van der Waals surface area contributed by atoms with Crippen LogP contribution >= 0.6 is 0 Å². The van der Waals surface area contributed by atoms with Crippen LogP contribution in [0.2, 0.25) is 0 Å². The van der Waals surface area contributed by atoms with E-state index < -0.39 is 35.7 Å². The third-order valence-corrected chi connectivity index (χ3v) is 6.18. The summed E-state index contributed by atoms with van der Waals surface area (Å²) in [6.07, 6.45) is 0.181. The summed E-state index contributed by atoms with van der Waals surface area (Å²) in [4.78, 5) is 29.8. The van der Waals surface area contributed by atoms with Gasteiger partial charge in [-0.25, -0.2) is 22.9 Å². The molecule has 10 heteroatoms. The summed E-state index contributed by atoms with van der Waals surface area (Å²) in [6, 6.07) is 5.48. The van der Waals surface area contributed by atoms with Gasteiger partial charge in [-0.3, -0.25) is 4.79 Å². The van der Waals surface area contributed by atoms with Gasteiger partial charge in [0, 0.05) is 37.8 Å². The molecule has 1 saturated heterocycles. The number of piperidine rings is 1. The molecule has 7 nitrogen and oxygen atoms in total. The van der Waals surface area contributed by atoms with E-state index in [9.17, 15) is 14.0 Å². The number of aromatic nitrogens is 2. The number of amides is 2. The van der Waals surface area contributed by atoms with Crippen molar-refractivity contribution in [1.82, 2.24) is 19.6 Å². The predicted molar refractivity (Wildman–Crippen MR) is 119 cm³/mol. The molecule has 3 aromatic rings. The van der Waals surface area contributed by atoms with Gasteiger partial charge in [-0.15, -0.1) is 0 Å². The van der Waals surface area contributed by atoms with Gasteiger partial charge in [0.15, 0.2) is 0 Å². The molecule has 2 atom stereocenters. The molecule has 3 heterocycles. The third-order valence-electron chi connectivity index (χ3n) is 6.18. The lowest BCUT2D eigenvalue weighted by Gasteiger charge is -2.34. The average molecular weight is 474 g/mol. The van der Waals surface area contributed by atoms with Gasteiger partial charge < -0.3 is 19.4 Å². The van der Waals surface area contributed by atoms with Gasteiger partial charge in [0.1, 0.15) is 23.5 Å². The molecule has 0 spiro atoms. The monoisotopic (exact) mass is 474 g/mol. The van der Waals surface area contributed by atoms with Crippen molar-refractivity contribution in [2.45, 2.75) is 25.9 Å². The fraction of sp³-hybridized carbons (Fsp3) is 0.375. The second-order valence-electron chi connectivity index (χ2n) is 8.42. The Morgan fingerprint density at radius 2 is 1.94 bits per heavy atom. The summed E-state index contributed by atoms with van der Waals surface area (Å²) in [5.41, 5.74) is 1.25. The van der Waals surface area contributed by atoms with E-state index >= 15 is 8.78 Å². The predicted octanol–water partition coefficient (Wildman–Crippen LogP) is 3.92.